The first-order chi connectivity index (χ1) is 8.61. The van der Waals surface area contributed by atoms with Crippen molar-refractivity contribution in [3.05, 3.63) is 35.9 Å². The Balaban J connectivity index is 2.41. The number of fused-ring (bicyclic) bond motifs is 1. The van der Waals surface area contributed by atoms with E-state index < -0.39 is 0 Å². The van der Waals surface area contributed by atoms with Crippen molar-refractivity contribution in [3.63, 3.8) is 0 Å². The number of aromatic nitrogens is 1. The van der Waals surface area contributed by atoms with Crippen molar-refractivity contribution in [1.82, 2.24) is 4.98 Å². The third-order valence-electron chi connectivity index (χ3n) is 3.19. The second-order valence-corrected chi connectivity index (χ2v) is 4.86. The first-order valence-corrected chi connectivity index (χ1v) is 6.28. The van der Waals surface area contributed by atoms with Crippen LogP contribution < -0.4 is 4.74 Å². The monoisotopic (exact) mass is 245 g/mol. The number of nitrogens with zero attached hydrogens (tertiary/aromatic N) is 1. The number of benzene rings is 1. The molecule has 3 nitrogen and oxygen atoms in total. The molecule has 1 aromatic carbocycles. The summed E-state index contributed by atoms with van der Waals surface area (Å²) in [5.74, 6) is 1.01. The molecule has 0 spiro atoms. The predicted molar refractivity (Wildman–Crippen MR) is 72.6 cm³/mol. The maximum atomic E-state index is 9.42. The number of hydrogen-bond acceptors (Lipinski definition) is 3. The summed E-state index contributed by atoms with van der Waals surface area (Å²) in [5, 5.41) is 10.4. The lowest BCUT2D eigenvalue weighted by atomic mass is 10.1. The highest BCUT2D eigenvalue weighted by molar-refractivity contribution is 5.82. The third kappa shape index (κ3) is 2.62. The van der Waals surface area contributed by atoms with Gasteiger partial charge in [-0.3, -0.25) is 0 Å². The number of pyridine rings is 1. The average Bonchev–Trinajstić information content (AvgIpc) is 2.37. The molecule has 0 saturated heterocycles. The SMILES string of the molecule is CC(C)C(C)Oc1cc(CO)c2ccccc2n1. The lowest BCUT2D eigenvalue weighted by molar-refractivity contribution is 0.163. The average molecular weight is 245 g/mol. The highest BCUT2D eigenvalue weighted by atomic mass is 16.5. The second-order valence-electron chi connectivity index (χ2n) is 4.86. The van der Waals surface area contributed by atoms with Crippen LogP contribution in [0.5, 0.6) is 5.88 Å². The molecule has 1 atom stereocenters. The van der Waals surface area contributed by atoms with E-state index in [0.29, 0.717) is 11.8 Å². The van der Waals surface area contributed by atoms with Gasteiger partial charge in [0.05, 0.1) is 18.2 Å². The number of aliphatic hydroxyl groups excluding tert-OH is 1. The highest BCUT2D eigenvalue weighted by Crippen LogP contribution is 2.23. The Hall–Kier alpha value is -1.61. The molecule has 1 heterocycles. The Labute approximate surface area is 107 Å². The molecule has 3 heteroatoms. The fourth-order valence-electron chi connectivity index (χ4n) is 1.74. The van der Waals surface area contributed by atoms with Crippen LogP contribution in [-0.4, -0.2) is 16.2 Å². The molecule has 0 radical (unpaired) electrons. The van der Waals surface area contributed by atoms with Gasteiger partial charge in [-0.1, -0.05) is 32.0 Å². The van der Waals surface area contributed by atoms with Gasteiger partial charge in [0.1, 0.15) is 0 Å². The minimum Gasteiger partial charge on any atom is -0.474 e. The fourth-order valence-corrected chi connectivity index (χ4v) is 1.74. The lowest BCUT2D eigenvalue weighted by Crippen LogP contribution is -2.19. The molecule has 0 bridgehead atoms. The Morgan fingerprint density at radius 3 is 2.61 bits per heavy atom. The van der Waals surface area contributed by atoms with Crippen LogP contribution >= 0.6 is 0 Å². The Morgan fingerprint density at radius 2 is 1.94 bits per heavy atom. The summed E-state index contributed by atoms with van der Waals surface area (Å²) in [6.07, 6.45) is 0.102. The number of aliphatic hydroxyl groups is 1. The molecule has 2 rings (SSSR count). The molecule has 0 amide bonds. The Morgan fingerprint density at radius 1 is 1.22 bits per heavy atom. The van der Waals surface area contributed by atoms with Crippen LogP contribution in [0.4, 0.5) is 0 Å². The quantitative estimate of drug-likeness (QED) is 0.899. The molecular formula is C15H19NO2. The molecule has 0 aliphatic rings. The zero-order valence-electron chi connectivity index (χ0n) is 11.1. The molecule has 0 saturated carbocycles. The van der Waals surface area contributed by atoms with E-state index in [1.54, 1.807) is 0 Å². The summed E-state index contributed by atoms with van der Waals surface area (Å²) in [5.41, 5.74) is 1.71. The van der Waals surface area contributed by atoms with Gasteiger partial charge in [0.2, 0.25) is 5.88 Å². The van der Waals surface area contributed by atoms with Crippen molar-refractivity contribution in [3.8, 4) is 5.88 Å². The van der Waals surface area contributed by atoms with Gasteiger partial charge >= 0.3 is 0 Å². The summed E-state index contributed by atoms with van der Waals surface area (Å²) < 4.78 is 5.80. The van der Waals surface area contributed by atoms with Crippen molar-refractivity contribution in [2.75, 3.05) is 0 Å². The molecule has 0 aliphatic carbocycles. The summed E-state index contributed by atoms with van der Waals surface area (Å²) in [6.45, 7) is 6.24. The standard InChI is InChI=1S/C15H19NO2/c1-10(2)11(3)18-15-8-12(9-17)13-6-4-5-7-14(13)16-15/h4-8,10-11,17H,9H2,1-3H3. The van der Waals surface area contributed by atoms with E-state index in [2.05, 4.69) is 18.8 Å². The molecule has 96 valence electrons. The molecule has 1 N–H and O–H groups in total. The van der Waals surface area contributed by atoms with Crippen LogP contribution in [0.1, 0.15) is 26.3 Å². The lowest BCUT2D eigenvalue weighted by Gasteiger charge is -2.18. The van der Waals surface area contributed by atoms with Crippen molar-refractivity contribution < 1.29 is 9.84 Å². The second kappa shape index (κ2) is 5.36. The molecule has 1 unspecified atom stereocenters. The van der Waals surface area contributed by atoms with Crippen molar-refractivity contribution >= 4 is 10.9 Å². The Kier molecular flexibility index (Phi) is 3.82. The van der Waals surface area contributed by atoms with Crippen molar-refractivity contribution in [2.45, 2.75) is 33.5 Å². The summed E-state index contributed by atoms with van der Waals surface area (Å²) >= 11 is 0. The van der Waals surface area contributed by atoms with Gasteiger partial charge in [0, 0.05) is 11.5 Å². The van der Waals surface area contributed by atoms with Crippen LogP contribution in [0, 0.1) is 5.92 Å². The van der Waals surface area contributed by atoms with Gasteiger partial charge < -0.3 is 9.84 Å². The van der Waals surface area contributed by atoms with Crippen molar-refractivity contribution in [1.29, 1.82) is 0 Å². The van der Waals surface area contributed by atoms with E-state index >= 15 is 0 Å². The summed E-state index contributed by atoms with van der Waals surface area (Å²) in [7, 11) is 0. The van der Waals surface area contributed by atoms with Gasteiger partial charge in [-0.25, -0.2) is 4.98 Å². The minimum atomic E-state index is -0.00451. The smallest absolute Gasteiger partial charge is 0.214 e. The van der Waals surface area contributed by atoms with E-state index in [4.69, 9.17) is 4.74 Å². The van der Waals surface area contributed by atoms with Gasteiger partial charge in [-0.05, 0) is 24.5 Å². The molecule has 1 aromatic heterocycles. The number of hydrogen-bond donors (Lipinski definition) is 1. The third-order valence-corrected chi connectivity index (χ3v) is 3.19. The summed E-state index contributed by atoms with van der Waals surface area (Å²) in [4.78, 5) is 4.47. The minimum absolute atomic E-state index is 0.00451. The van der Waals surface area contributed by atoms with Gasteiger partial charge in [-0.2, -0.15) is 0 Å². The van der Waals surface area contributed by atoms with Crippen LogP contribution in [-0.2, 0) is 6.61 Å². The van der Waals surface area contributed by atoms with E-state index in [0.717, 1.165) is 16.5 Å². The van der Waals surface area contributed by atoms with Crippen LogP contribution in [0.2, 0.25) is 0 Å². The van der Waals surface area contributed by atoms with E-state index in [1.807, 2.05) is 37.3 Å². The summed E-state index contributed by atoms with van der Waals surface area (Å²) in [6, 6.07) is 9.60. The molecule has 2 aromatic rings. The zero-order chi connectivity index (χ0) is 13.1. The largest absolute Gasteiger partial charge is 0.474 e. The molecule has 0 fully saturated rings. The normalized spacial score (nSPS) is 12.9. The van der Waals surface area contributed by atoms with E-state index in [-0.39, 0.29) is 12.7 Å². The van der Waals surface area contributed by atoms with E-state index in [1.165, 1.54) is 0 Å². The predicted octanol–water partition coefficient (Wildman–Crippen LogP) is 3.15. The number of rotatable bonds is 4. The van der Waals surface area contributed by atoms with E-state index in [9.17, 15) is 5.11 Å². The molecule has 0 aliphatic heterocycles. The van der Waals surface area contributed by atoms with Gasteiger partial charge in [0.25, 0.3) is 0 Å². The zero-order valence-corrected chi connectivity index (χ0v) is 11.1. The maximum Gasteiger partial charge on any atom is 0.214 e. The highest BCUT2D eigenvalue weighted by Gasteiger charge is 2.11. The van der Waals surface area contributed by atoms with Crippen molar-refractivity contribution in [2.24, 2.45) is 5.92 Å². The van der Waals surface area contributed by atoms with Gasteiger partial charge in [0.15, 0.2) is 0 Å². The number of ether oxygens (including phenoxy) is 1. The first-order valence-electron chi connectivity index (χ1n) is 6.28. The fraction of sp³-hybridized carbons (Fsp3) is 0.400. The Bertz CT molecular complexity index is 537. The van der Waals surface area contributed by atoms with Crippen LogP contribution in [0.25, 0.3) is 10.9 Å². The molecular weight excluding hydrogens is 226 g/mol. The first kappa shape index (κ1) is 12.8. The van der Waals surface area contributed by atoms with Gasteiger partial charge in [-0.15, -0.1) is 0 Å². The van der Waals surface area contributed by atoms with Crippen LogP contribution in [0.3, 0.4) is 0 Å². The topological polar surface area (TPSA) is 42.4 Å². The maximum absolute atomic E-state index is 9.42. The van der Waals surface area contributed by atoms with Crippen LogP contribution in [0.15, 0.2) is 30.3 Å². The molecule has 18 heavy (non-hydrogen) atoms. The number of para-hydroxylation sites is 1.